The maximum atomic E-state index is 14.6. The summed E-state index contributed by atoms with van der Waals surface area (Å²) in [5.74, 6) is -8.56. The molecule has 0 fully saturated rings. The number of unbranched alkanes of at least 4 members (excludes halogenated alkanes) is 27. The van der Waals surface area contributed by atoms with Crippen molar-refractivity contribution in [2.75, 3.05) is 0 Å². The van der Waals surface area contributed by atoms with Crippen LogP contribution in [-0.2, 0) is 19.2 Å². The molecule has 0 spiro atoms. The molecule has 8 nitrogen and oxygen atoms in total. The van der Waals surface area contributed by atoms with E-state index in [9.17, 15) is 39.6 Å². The van der Waals surface area contributed by atoms with Crippen LogP contribution in [0.25, 0.3) is 0 Å². The van der Waals surface area contributed by atoms with Gasteiger partial charge in [-0.2, -0.15) is 0 Å². The fraction of sp³-hybridized carbons (Fsp3) is 0.909. The first-order valence-corrected chi connectivity index (χ1v) is 22.0. The van der Waals surface area contributed by atoms with Crippen molar-refractivity contribution in [1.29, 1.82) is 0 Å². The molecular formula is C44H82O8. The van der Waals surface area contributed by atoms with Gasteiger partial charge in [-0.3, -0.25) is 14.4 Å². The summed E-state index contributed by atoms with van der Waals surface area (Å²) in [6.45, 7) is 6.64. The summed E-state index contributed by atoms with van der Waals surface area (Å²) in [6.07, 6.45) is 33.4. The average Bonchev–Trinajstić information content (AvgIpc) is 3.09. The van der Waals surface area contributed by atoms with Crippen molar-refractivity contribution in [2.45, 2.75) is 245 Å². The number of hydrogen-bond acceptors (Lipinski definition) is 5. The summed E-state index contributed by atoms with van der Waals surface area (Å²) in [4.78, 5) is 51.4. The van der Waals surface area contributed by atoms with E-state index in [4.69, 9.17) is 0 Å². The molecule has 306 valence electrons. The van der Waals surface area contributed by atoms with Crippen molar-refractivity contribution >= 4 is 23.7 Å². The molecule has 0 saturated carbocycles. The fourth-order valence-corrected chi connectivity index (χ4v) is 7.97. The Morgan fingerprint density at radius 2 is 0.673 bits per heavy atom. The predicted octanol–water partition coefficient (Wildman–Crippen LogP) is 12.5. The van der Waals surface area contributed by atoms with Crippen molar-refractivity contribution in [1.82, 2.24) is 0 Å². The minimum Gasteiger partial charge on any atom is -0.481 e. The van der Waals surface area contributed by atoms with E-state index >= 15 is 0 Å². The number of rotatable bonds is 40. The lowest BCUT2D eigenvalue weighted by Gasteiger charge is -2.38. The van der Waals surface area contributed by atoms with Crippen LogP contribution in [0.5, 0.6) is 0 Å². The van der Waals surface area contributed by atoms with E-state index in [2.05, 4.69) is 20.8 Å². The average molecular weight is 739 g/mol. The van der Waals surface area contributed by atoms with Crippen molar-refractivity contribution in [3.63, 3.8) is 0 Å². The lowest BCUT2D eigenvalue weighted by molar-refractivity contribution is -0.183. The number of Topliss-reactive ketones (excluding diaryl/α,β-unsaturated/α-hetero) is 1. The second-order valence-corrected chi connectivity index (χ2v) is 16.0. The number of aliphatic carboxylic acids is 3. The molecule has 0 aliphatic rings. The third kappa shape index (κ3) is 23.0. The zero-order chi connectivity index (χ0) is 38.9. The molecule has 0 aromatic rings. The Kier molecular flexibility index (Phi) is 31.2. The number of ketones is 1. The van der Waals surface area contributed by atoms with E-state index in [0.29, 0.717) is 38.5 Å². The molecule has 0 aromatic carbocycles. The Morgan fingerprint density at radius 3 is 0.885 bits per heavy atom. The number of carboxylic acids is 3. The van der Waals surface area contributed by atoms with E-state index < -0.39 is 47.0 Å². The highest BCUT2D eigenvalue weighted by atomic mass is 16.4. The summed E-state index contributed by atoms with van der Waals surface area (Å²) < 4.78 is 0. The molecule has 0 aliphatic carbocycles. The third-order valence-corrected chi connectivity index (χ3v) is 11.3. The van der Waals surface area contributed by atoms with Crippen LogP contribution >= 0.6 is 0 Å². The molecule has 0 aromatic heterocycles. The molecule has 0 bridgehead atoms. The quantitative estimate of drug-likeness (QED) is 0.0358. The van der Waals surface area contributed by atoms with Gasteiger partial charge in [0.05, 0.1) is 6.42 Å². The summed E-state index contributed by atoms with van der Waals surface area (Å²) in [5.41, 5.74) is -4.35. The van der Waals surface area contributed by atoms with Crippen molar-refractivity contribution in [3.8, 4) is 0 Å². The van der Waals surface area contributed by atoms with E-state index in [-0.39, 0.29) is 0 Å². The Hall–Kier alpha value is -1.96. The lowest BCUT2D eigenvalue weighted by atomic mass is 9.64. The maximum absolute atomic E-state index is 14.6. The lowest BCUT2D eigenvalue weighted by Crippen LogP contribution is -2.57. The molecule has 0 saturated heterocycles. The summed E-state index contributed by atoms with van der Waals surface area (Å²) in [6, 6.07) is 0. The van der Waals surface area contributed by atoms with Crippen LogP contribution in [0, 0.1) is 11.3 Å². The topological polar surface area (TPSA) is 149 Å². The van der Waals surface area contributed by atoms with E-state index in [1.807, 2.05) is 0 Å². The minimum absolute atomic E-state index is 0.434. The Balaban J connectivity index is 5.94. The van der Waals surface area contributed by atoms with Gasteiger partial charge in [0, 0.05) is 5.41 Å². The van der Waals surface area contributed by atoms with Gasteiger partial charge in [0.15, 0.2) is 17.3 Å². The highest BCUT2D eigenvalue weighted by Crippen LogP contribution is 2.43. The van der Waals surface area contributed by atoms with Gasteiger partial charge in [0.1, 0.15) is 0 Å². The molecule has 0 aliphatic heterocycles. The van der Waals surface area contributed by atoms with E-state index in [1.54, 1.807) is 0 Å². The SMILES string of the molecule is CCCCCCCCCCCCC(CCCCCCCCCCCC)(CCCCCCCCCCCC)C(=O)C(C(=O)O)C(O)(CC(=O)O)C(=O)O. The minimum atomic E-state index is -3.23. The van der Waals surface area contributed by atoms with Crippen LogP contribution in [0.1, 0.15) is 239 Å². The number of carbonyl (C=O) groups is 4. The van der Waals surface area contributed by atoms with Crippen molar-refractivity contribution < 1.29 is 39.6 Å². The Bertz CT molecular complexity index is 858. The largest absolute Gasteiger partial charge is 0.481 e. The third-order valence-electron chi connectivity index (χ3n) is 11.3. The van der Waals surface area contributed by atoms with Crippen LogP contribution in [-0.4, -0.2) is 49.7 Å². The monoisotopic (exact) mass is 739 g/mol. The highest BCUT2D eigenvalue weighted by Gasteiger charge is 2.57. The predicted molar refractivity (Wildman–Crippen MR) is 213 cm³/mol. The van der Waals surface area contributed by atoms with Crippen LogP contribution in [0.4, 0.5) is 0 Å². The van der Waals surface area contributed by atoms with Gasteiger partial charge in [0.25, 0.3) is 0 Å². The molecule has 8 heteroatoms. The van der Waals surface area contributed by atoms with Crippen molar-refractivity contribution in [2.24, 2.45) is 11.3 Å². The molecule has 0 rings (SSSR count). The van der Waals surface area contributed by atoms with Gasteiger partial charge < -0.3 is 20.4 Å². The van der Waals surface area contributed by atoms with Gasteiger partial charge in [-0.1, -0.05) is 213 Å². The zero-order valence-corrected chi connectivity index (χ0v) is 34.0. The maximum Gasteiger partial charge on any atom is 0.337 e. The van der Waals surface area contributed by atoms with E-state index in [0.717, 1.165) is 57.8 Å². The van der Waals surface area contributed by atoms with Gasteiger partial charge in [-0.25, -0.2) is 4.79 Å². The highest BCUT2D eigenvalue weighted by molar-refractivity contribution is 6.07. The molecule has 2 atom stereocenters. The summed E-state index contributed by atoms with van der Waals surface area (Å²) in [5, 5.41) is 41.0. The zero-order valence-electron chi connectivity index (χ0n) is 34.0. The van der Waals surface area contributed by atoms with E-state index in [1.165, 1.54) is 116 Å². The second-order valence-electron chi connectivity index (χ2n) is 16.0. The normalized spacial score (nSPS) is 13.5. The van der Waals surface area contributed by atoms with Crippen LogP contribution in [0.2, 0.25) is 0 Å². The first kappa shape index (κ1) is 50.0. The summed E-state index contributed by atoms with van der Waals surface area (Å²) in [7, 11) is 0. The van der Waals surface area contributed by atoms with Gasteiger partial charge in [-0.05, 0) is 19.3 Å². The molecule has 0 amide bonds. The molecule has 52 heavy (non-hydrogen) atoms. The number of aliphatic hydroxyl groups is 1. The Morgan fingerprint density at radius 1 is 0.423 bits per heavy atom. The number of carboxylic acid groups (broad SMARTS) is 3. The van der Waals surface area contributed by atoms with Crippen LogP contribution in [0.15, 0.2) is 0 Å². The molecule has 0 radical (unpaired) electrons. The van der Waals surface area contributed by atoms with Gasteiger partial charge in [0.2, 0.25) is 0 Å². The fourth-order valence-electron chi connectivity index (χ4n) is 7.97. The first-order valence-electron chi connectivity index (χ1n) is 22.0. The second kappa shape index (κ2) is 32.5. The van der Waals surface area contributed by atoms with Gasteiger partial charge in [-0.15, -0.1) is 0 Å². The van der Waals surface area contributed by atoms with Crippen LogP contribution < -0.4 is 0 Å². The number of hydrogen-bond donors (Lipinski definition) is 4. The van der Waals surface area contributed by atoms with Crippen LogP contribution in [0.3, 0.4) is 0 Å². The molecule has 0 heterocycles. The number of carbonyl (C=O) groups excluding carboxylic acids is 1. The molecular weight excluding hydrogens is 656 g/mol. The summed E-state index contributed by atoms with van der Waals surface area (Å²) >= 11 is 0. The molecule has 4 N–H and O–H groups in total. The Labute approximate surface area is 318 Å². The molecule has 2 unspecified atom stereocenters. The smallest absolute Gasteiger partial charge is 0.337 e. The van der Waals surface area contributed by atoms with Gasteiger partial charge >= 0.3 is 17.9 Å². The van der Waals surface area contributed by atoms with Crippen molar-refractivity contribution in [3.05, 3.63) is 0 Å². The first-order chi connectivity index (χ1) is 25.0. The standard InChI is InChI=1S/C44H82O8/c1-4-7-10-13-16-19-22-25-28-31-34-43(35-32-29-26-23-20-17-14-11-8-5-2,36-33-30-27-24-21-18-15-12-9-6-3)40(47)39(41(48)49)44(52,42(50)51)37-38(45)46/h39,52H,4-37H2,1-3H3,(H,45,46)(H,48,49)(H,50,51).